The molecule has 2 N–H and O–H groups in total. The summed E-state index contributed by atoms with van der Waals surface area (Å²) in [7, 11) is 0. The van der Waals surface area contributed by atoms with Crippen LogP contribution in [0.3, 0.4) is 0 Å². The molecule has 1 amide bonds. The molecule has 1 aromatic rings. The van der Waals surface area contributed by atoms with Gasteiger partial charge in [-0.3, -0.25) is 4.79 Å². The van der Waals surface area contributed by atoms with Gasteiger partial charge in [0.05, 0.1) is 6.10 Å². The number of ether oxygens (including phenoxy) is 1. The SMILES string of the molecule is CC1CN(C(=O)c2ccc(N)nn2)CCCO1. The average Bonchev–Trinajstić information content (AvgIpc) is 2.54. The molecule has 2 rings (SSSR count). The summed E-state index contributed by atoms with van der Waals surface area (Å²) < 4.78 is 5.49. The van der Waals surface area contributed by atoms with Crippen LogP contribution in [0.5, 0.6) is 0 Å². The summed E-state index contributed by atoms with van der Waals surface area (Å²) in [6.45, 7) is 3.93. The molecule has 1 aliphatic rings. The van der Waals surface area contributed by atoms with Crippen molar-refractivity contribution in [3.05, 3.63) is 17.8 Å². The number of anilines is 1. The third kappa shape index (κ3) is 2.91. The number of nitrogens with two attached hydrogens (primary N) is 1. The van der Waals surface area contributed by atoms with Crippen molar-refractivity contribution < 1.29 is 9.53 Å². The lowest BCUT2D eigenvalue weighted by Crippen LogP contribution is -2.36. The largest absolute Gasteiger partial charge is 0.382 e. The zero-order chi connectivity index (χ0) is 12.3. The highest BCUT2D eigenvalue weighted by Gasteiger charge is 2.22. The molecule has 1 unspecified atom stereocenters. The van der Waals surface area contributed by atoms with E-state index in [9.17, 15) is 4.79 Å². The van der Waals surface area contributed by atoms with Crippen molar-refractivity contribution in [2.45, 2.75) is 19.4 Å². The van der Waals surface area contributed by atoms with Crippen LogP contribution in [0.15, 0.2) is 12.1 Å². The lowest BCUT2D eigenvalue weighted by atomic mass is 10.3. The van der Waals surface area contributed by atoms with Crippen LogP contribution in [0, 0.1) is 0 Å². The van der Waals surface area contributed by atoms with Gasteiger partial charge < -0.3 is 15.4 Å². The van der Waals surface area contributed by atoms with Crippen LogP contribution < -0.4 is 5.73 Å². The minimum Gasteiger partial charge on any atom is -0.382 e. The minimum atomic E-state index is -0.116. The van der Waals surface area contributed by atoms with Gasteiger partial charge in [-0.1, -0.05) is 0 Å². The number of carbonyl (C=O) groups is 1. The van der Waals surface area contributed by atoms with E-state index in [0.29, 0.717) is 31.2 Å². The van der Waals surface area contributed by atoms with Crippen molar-refractivity contribution in [1.29, 1.82) is 0 Å². The van der Waals surface area contributed by atoms with E-state index in [1.165, 1.54) is 0 Å². The fourth-order valence-electron chi connectivity index (χ4n) is 1.80. The first kappa shape index (κ1) is 11.8. The van der Waals surface area contributed by atoms with E-state index in [1.807, 2.05) is 6.92 Å². The Morgan fingerprint density at radius 2 is 2.35 bits per heavy atom. The van der Waals surface area contributed by atoms with Crippen molar-refractivity contribution in [2.75, 3.05) is 25.4 Å². The molecule has 2 heterocycles. The number of nitrogen functional groups attached to an aromatic ring is 1. The van der Waals surface area contributed by atoms with Crippen LogP contribution in [0.4, 0.5) is 5.82 Å². The van der Waals surface area contributed by atoms with Gasteiger partial charge in [0.1, 0.15) is 5.82 Å². The topological polar surface area (TPSA) is 81.3 Å². The molecule has 0 spiro atoms. The Hall–Kier alpha value is -1.69. The molecule has 0 aromatic carbocycles. The van der Waals surface area contributed by atoms with E-state index in [-0.39, 0.29) is 12.0 Å². The molecule has 1 fully saturated rings. The Kier molecular flexibility index (Phi) is 3.53. The Bertz CT molecular complexity index is 393. The highest BCUT2D eigenvalue weighted by atomic mass is 16.5. The fourth-order valence-corrected chi connectivity index (χ4v) is 1.80. The maximum atomic E-state index is 12.1. The normalized spacial score (nSPS) is 21.0. The first-order valence-corrected chi connectivity index (χ1v) is 5.67. The van der Waals surface area contributed by atoms with Crippen molar-refractivity contribution in [1.82, 2.24) is 15.1 Å². The Labute approximate surface area is 99.8 Å². The van der Waals surface area contributed by atoms with Crippen LogP contribution in [0.1, 0.15) is 23.8 Å². The van der Waals surface area contributed by atoms with E-state index >= 15 is 0 Å². The maximum Gasteiger partial charge on any atom is 0.274 e. The van der Waals surface area contributed by atoms with Gasteiger partial charge >= 0.3 is 0 Å². The van der Waals surface area contributed by atoms with Crippen molar-refractivity contribution in [3.63, 3.8) is 0 Å². The molecular weight excluding hydrogens is 220 g/mol. The molecular formula is C11H16N4O2. The van der Waals surface area contributed by atoms with Crippen LogP contribution in [0.2, 0.25) is 0 Å². The molecule has 6 nitrogen and oxygen atoms in total. The Balaban J connectivity index is 2.10. The summed E-state index contributed by atoms with van der Waals surface area (Å²) >= 11 is 0. The number of aromatic nitrogens is 2. The summed E-state index contributed by atoms with van der Waals surface area (Å²) in [5.41, 5.74) is 5.76. The molecule has 1 aromatic heterocycles. The molecule has 1 saturated heterocycles. The standard InChI is InChI=1S/C11H16N4O2/c1-8-7-15(5-2-6-17-8)11(16)9-3-4-10(12)14-13-9/h3-4,8H,2,5-7H2,1H3,(H2,12,14). The van der Waals surface area contributed by atoms with Gasteiger partial charge in [0, 0.05) is 19.7 Å². The molecule has 0 radical (unpaired) electrons. The first-order valence-electron chi connectivity index (χ1n) is 5.67. The number of carbonyl (C=O) groups excluding carboxylic acids is 1. The van der Waals surface area contributed by atoms with Crippen molar-refractivity contribution in [3.8, 4) is 0 Å². The van der Waals surface area contributed by atoms with E-state index in [0.717, 1.165) is 6.42 Å². The molecule has 1 atom stereocenters. The Morgan fingerprint density at radius 3 is 3.06 bits per heavy atom. The van der Waals surface area contributed by atoms with Gasteiger partial charge in [-0.25, -0.2) is 0 Å². The zero-order valence-corrected chi connectivity index (χ0v) is 9.80. The second-order valence-corrected chi connectivity index (χ2v) is 4.13. The number of nitrogens with zero attached hydrogens (tertiary/aromatic N) is 3. The summed E-state index contributed by atoms with van der Waals surface area (Å²) in [6.07, 6.45) is 0.904. The predicted octanol–water partition coefficient (Wildman–Crippen LogP) is 0.310. The first-order chi connectivity index (χ1) is 8.16. The molecule has 92 valence electrons. The maximum absolute atomic E-state index is 12.1. The second-order valence-electron chi connectivity index (χ2n) is 4.13. The average molecular weight is 236 g/mol. The zero-order valence-electron chi connectivity index (χ0n) is 9.80. The smallest absolute Gasteiger partial charge is 0.274 e. The van der Waals surface area contributed by atoms with Gasteiger partial charge in [-0.15, -0.1) is 10.2 Å². The van der Waals surface area contributed by atoms with Crippen LogP contribution in [-0.2, 0) is 4.74 Å². The van der Waals surface area contributed by atoms with E-state index < -0.39 is 0 Å². The molecule has 0 aliphatic carbocycles. The number of rotatable bonds is 1. The fraction of sp³-hybridized carbons (Fsp3) is 0.545. The molecule has 17 heavy (non-hydrogen) atoms. The molecule has 0 saturated carbocycles. The number of hydrogen-bond donors (Lipinski definition) is 1. The minimum absolute atomic E-state index is 0.0585. The lowest BCUT2D eigenvalue weighted by Gasteiger charge is -2.21. The Morgan fingerprint density at radius 1 is 1.53 bits per heavy atom. The second kappa shape index (κ2) is 5.09. The highest BCUT2D eigenvalue weighted by Crippen LogP contribution is 2.09. The van der Waals surface area contributed by atoms with E-state index in [4.69, 9.17) is 10.5 Å². The van der Waals surface area contributed by atoms with Gasteiger partial charge in [-0.2, -0.15) is 0 Å². The van der Waals surface area contributed by atoms with Crippen molar-refractivity contribution in [2.24, 2.45) is 0 Å². The number of hydrogen-bond acceptors (Lipinski definition) is 5. The highest BCUT2D eigenvalue weighted by molar-refractivity contribution is 5.92. The van der Waals surface area contributed by atoms with Crippen LogP contribution in [0.25, 0.3) is 0 Å². The summed E-state index contributed by atoms with van der Waals surface area (Å²) in [6, 6.07) is 3.18. The summed E-state index contributed by atoms with van der Waals surface area (Å²) in [5.74, 6) is 0.198. The van der Waals surface area contributed by atoms with Crippen LogP contribution in [-0.4, -0.2) is 46.8 Å². The lowest BCUT2D eigenvalue weighted by molar-refractivity contribution is 0.0559. The molecule has 0 bridgehead atoms. The number of amides is 1. The quantitative estimate of drug-likeness (QED) is 0.759. The van der Waals surface area contributed by atoms with Gasteiger partial charge in [0.25, 0.3) is 5.91 Å². The third-order valence-corrected chi connectivity index (χ3v) is 2.64. The van der Waals surface area contributed by atoms with Gasteiger partial charge in [0.2, 0.25) is 0 Å². The predicted molar refractivity (Wildman–Crippen MR) is 62.4 cm³/mol. The third-order valence-electron chi connectivity index (χ3n) is 2.64. The van der Waals surface area contributed by atoms with Gasteiger partial charge in [-0.05, 0) is 25.5 Å². The van der Waals surface area contributed by atoms with E-state index in [1.54, 1.807) is 17.0 Å². The molecule has 1 aliphatic heterocycles. The van der Waals surface area contributed by atoms with Gasteiger partial charge in [0.15, 0.2) is 5.69 Å². The monoisotopic (exact) mass is 236 g/mol. The summed E-state index contributed by atoms with van der Waals surface area (Å²) in [4.78, 5) is 13.9. The molecule has 6 heteroatoms. The summed E-state index contributed by atoms with van der Waals surface area (Å²) in [5, 5.41) is 7.49. The van der Waals surface area contributed by atoms with Crippen LogP contribution >= 0.6 is 0 Å². The van der Waals surface area contributed by atoms with E-state index in [2.05, 4.69) is 10.2 Å². The van der Waals surface area contributed by atoms with Crippen molar-refractivity contribution >= 4 is 11.7 Å².